The second-order valence-corrected chi connectivity index (χ2v) is 5.93. The van der Waals surface area contributed by atoms with Crippen LogP contribution in [0, 0.1) is 12.8 Å². The van der Waals surface area contributed by atoms with E-state index in [0.717, 1.165) is 30.4 Å². The molecule has 1 saturated heterocycles. The van der Waals surface area contributed by atoms with Crippen LogP contribution >= 0.6 is 12.4 Å². The van der Waals surface area contributed by atoms with Gasteiger partial charge in [0.25, 0.3) is 0 Å². The topological polar surface area (TPSA) is 28.4 Å². The quantitative estimate of drug-likeness (QED) is 0.935. The number of aryl methyl sites for hydroxylation is 1. The predicted molar refractivity (Wildman–Crippen MR) is 90.1 cm³/mol. The highest BCUT2D eigenvalue weighted by atomic mass is 35.5. The lowest BCUT2D eigenvalue weighted by molar-refractivity contribution is 0.166. The van der Waals surface area contributed by atoms with E-state index in [9.17, 15) is 0 Å². The molecule has 1 aromatic carbocycles. The molecule has 0 bridgehead atoms. The Morgan fingerprint density at radius 3 is 2.95 bits per heavy atom. The number of piperidine rings is 1. The number of rotatable bonds is 4. The number of nitrogens with zero attached hydrogens (tertiary/aromatic N) is 1. The van der Waals surface area contributed by atoms with Crippen LogP contribution in [0.4, 0.5) is 0 Å². The van der Waals surface area contributed by atoms with Crippen molar-refractivity contribution in [2.75, 3.05) is 26.7 Å². The molecule has 1 N–H and O–H groups in total. The lowest BCUT2D eigenvalue weighted by atomic mass is 9.97. The molecule has 2 heterocycles. The van der Waals surface area contributed by atoms with Crippen LogP contribution in [0.25, 0.3) is 11.0 Å². The van der Waals surface area contributed by atoms with Gasteiger partial charge in [0.15, 0.2) is 0 Å². The van der Waals surface area contributed by atoms with E-state index < -0.39 is 0 Å². The summed E-state index contributed by atoms with van der Waals surface area (Å²) >= 11 is 0. The first-order valence-corrected chi connectivity index (χ1v) is 7.62. The normalized spacial score (nSPS) is 19.6. The van der Waals surface area contributed by atoms with Crippen molar-refractivity contribution in [2.24, 2.45) is 5.92 Å². The fraction of sp³-hybridized carbons (Fsp3) is 0.529. The van der Waals surface area contributed by atoms with Crippen molar-refractivity contribution in [3.63, 3.8) is 0 Å². The van der Waals surface area contributed by atoms with Gasteiger partial charge >= 0.3 is 0 Å². The van der Waals surface area contributed by atoms with Gasteiger partial charge in [-0.05, 0) is 51.9 Å². The molecule has 2 aromatic rings. The van der Waals surface area contributed by atoms with Crippen LogP contribution in [-0.2, 0) is 6.54 Å². The third-order valence-electron chi connectivity index (χ3n) is 4.38. The van der Waals surface area contributed by atoms with Crippen molar-refractivity contribution in [1.29, 1.82) is 0 Å². The minimum atomic E-state index is 0. The monoisotopic (exact) mass is 308 g/mol. The van der Waals surface area contributed by atoms with Gasteiger partial charge in [-0.15, -0.1) is 12.4 Å². The van der Waals surface area contributed by atoms with Gasteiger partial charge in [0.05, 0.1) is 0 Å². The number of likely N-dealkylation sites (tertiary alicyclic amines) is 1. The Morgan fingerprint density at radius 2 is 2.14 bits per heavy atom. The zero-order valence-corrected chi connectivity index (χ0v) is 13.7. The number of hydrogen-bond donors (Lipinski definition) is 1. The Bertz CT molecular complexity index is 579. The maximum atomic E-state index is 5.88. The number of halogens is 1. The smallest absolute Gasteiger partial charge is 0.134 e. The summed E-state index contributed by atoms with van der Waals surface area (Å²) in [7, 11) is 2.05. The predicted octanol–water partition coefficient (Wildman–Crippen LogP) is 3.59. The molecule has 1 atom stereocenters. The minimum absolute atomic E-state index is 0. The minimum Gasteiger partial charge on any atom is -0.461 e. The van der Waals surface area contributed by atoms with Crippen molar-refractivity contribution < 1.29 is 4.42 Å². The molecule has 1 aromatic heterocycles. The van der Waals surface area contributed by atoms with Gasteiger partial charge in [-0.1, -0.05) is 18.2 Å². The summed E-state index contributed by atoms with van der Waals surface area (Å²) in [6.45, 7) is 6.63. The van der Waals surface area contributed by atoms with E-state index in [1.165, 1.54) is 36.9 Å². The fourth-order valence-electron chi connectivity index (χ4n) is 3.39. The molecule has 3 nitrogen and oxygen atoms in total. The number of hydrogen-bond acceptors (Lipinski definition) is 3. The summed E-state index contributed by atoms with van der Waals surface area (Å²) in [5, 5.41) is 4.59. The maximum Gasteiger partial charge on any atom is 0.134 e. The summed E-state index contributed by atoms with van der Waals surface area (Å²) in [6, 6.07) is 8.38. The highest BCUT2D eigenvalue weighted by Crippen LogP contribution is 2.28. The fourth-order valence-corrected chi connectivity index (χ4v) is 3.39. The van der Waals surface area contributed by atoms with Gasteiger partial charge in [-0.2, -0.15) is 0 Å². The molecular weight excluding hydrogens is 284 g/mol. The molecule has 1 aliphatic heterocycles. The highest BCUT2D eigenvalue weighted by Gasteiger charge is 2.21. The van der Waals surface area contributed by atoms with Crippen LogP contribution in [0.15, 0.2) is 28.7 Å². The van der Waals surface area contributed by atoms with Crippen molar-refractivity contribution in [1.82, 2.24) is 10.2 Å². The average molecular weight is 309 g/mol. The Balaban J connectivity index is 0.00000161. The van der Waals surface area contributed by atoms with Crippen LogP contribution in [0.3, 0.4) is 0 Å². The number of nitrogens with one attached hydrogen (secondary N) is 1. The lowest BCUT2D eigenvalue weighted by Crippen LogP contribution is -2.38. The Labute approximate surface area is 133 Å². The van der Waals surface area contributed by atoms with Crippen molar-refractivity contribution in [2.45, 2.75) is 26.3 Å². The third-order valence-corrected chi connectivity index (χ3v) is 4.38. The van der Waals surface area contributed by atoms with E-state index >= 15 is 0 Å². The van der Waals surface area contributed by atoms with Crippen LogP contribution in [0.5, 0.6) is 0 Å². The second kappa shape index (κ2) is 7.30. The summed E-state index contributed by atoms with van der Waals surface area (Å²) in [6.07, 6.45) is 2.66. The molecular formula is C17H25ClN2O. The van der Waals surface area contributed by atoms with Crippen molar-refractivity contribution >= 4 is 23.4 Å². The molecule has 3 rings (SSSR count). The number of fused-ring (bicyclic) bond motifs is 1. The molecule has 0 amide bonds. The first-order valence-electron chi connectivity index (χ1n) is 7.62. The summed E-state index contributed by atoms with van der Waals surface area (Å²) in [4.78, 5) is 2.58. The lowest BCUT2D eigenvalue weighted by Gasteiger charge is -2.32. The second-order valence-electron chi connectivity index (χ2n) is 5.93. The van der Waals surface area contributed by atoms with E-state index in [-0.39, 0.29) is 12.4 Å². The summed E-state index contributed by atoms with van der Waals surface area (Å²) < 4.78 is 5.88. The molecule has 4 heteroatoms. The van der Waals surface area contributed by atoms with Crippen LogP contribution in [0.2, 0.25) is 0 Å². The van der Waals surface area contributed by atoms with Crippen LogP contribution in [-0.4, -0.2) is 31.6 Å². The van der Waals surface area contributed by atoms with Crippen molar-refractivity contribution in [3.8, 4) is 0 Å². The van der Waals surface area contributed by atoms with Gasteiger partial charge in [0.2, 0.25) is 0 Å². The number of furan rings is 1. The van der Waals surface area contributed by atoms with E-state index in [2.05, 4.69) is 35.3 Å². The van der Waals surface area contributed by atoms with Gasteiger partial charge in [0.1, 0.15) is 11.3 Å². The first kappa shape index (κ1) is 16.3. The average Bonchev–Trinajstić information content (AvgIpc) is 2.76. The molecule has 1 aliphatic rings. The first-order chi connectivity index (χ1) is 9.78. The third kappa shape index (κ3) is 3.60. The Hall–Kier alpha value is -1.03. The van der Waals surface area contributed by atoms with E-state index in [1.807, 2.05) is 13.1 Å². The largest absolute Gasteiger partial charge is 0.461 e. The SMILES string of the molecule is CNCC1CCCN(Cc2c(C)oc3ccccc23)C1.Cl. The molecule has 0 saturated carbocycles. The van der Waals surface area contributed by atoms with Crippen LogP contribution < -0.4 is 5.32 Å². The van der Waals surface area contributed by atoms with Crippen molar-refractivity contribution in [3.05, 3.63) is 35.6 Å². The molecule has 0 spiro atoms. The molecule has 1 unspecified atom stereocenters. The molecule has 116 valence electrons. The van der Waals surface area contributed by atoms with E-state index in [0.29, 0.717) is 0 Å². The number of benzene rings is 1. The zero-order valence-electron chi connectivity index (χ0n) is 12.9. The molecule has 0 aliphatic carbocycles. The Morgan fingerprint density at radius 1 is 1.33 bits per heavy atom. The summed E-state index contributed by atoms with van der Waals surface area (Å²) in [5.41, 5.74) is 2.38. The zero-order chi connectivity index (χ0) is 13.9. The van der Waals surface area contributed by atoms with Gasteiger partial charge < -0.3 is 9.73 Å². The standard InChI is InChI=1S/C17H24N2O.ClH/c1-13-16(15-7-3-4-8-17(15)20-13)12-19-9-5-6-14(11-19)10-18-2;/h3-4,7-8,14,18H,5-6,9-12H2,1-2H3;1H. The van der Waals surface area contributed by atoms with E-state index in [1.54, 1.807) is 0 Å². The molecule has 0 radical (unpaired) electrons. The number of para-hydroxylation sites is 1. The molecule has 1 fully saturated rings. The Kier molecular flexibility index (Phi) is 5.68. The summed E-state index contributed by atoms with van der Waals surface area (Å²) in [5.74, 6) is 1.86. The van der Waals surface area contributed by atoms with Gasteiger partial charge in [0, 0.05) is 24.0 Å². The van der Waals surface area contributed by atoms with E-state index in [4.69, 9.17) is 4.42 Å². The van der Waals surface area contributed by atoms with Gasteiger partial charge in [-0.25, -0.2) is 0 Å². The van der Waals surface area contributed by atoms with Gasteiger partial charge in [-0.3, -0.25) is 4.90 Å². The molecule has 21 heavy (non-hydrogen) atoms. The maximum absolute atomic E-state index is 5.88. The highest BCUT2D eigenvalue weighted by molar-refractivity contribution is 5.85. The van der Waals surface area contributed by atoms with Crippen LogP contribution in [0.1, 0.15) is 24.2 Å².